The van der Waals surface area contributed by atoms with E-state index in [-0.39, 0.29) is 25.4 Å². The first-order valence-electron chi connectivity index (χ1n) is 12.3. The highest BCUT2D eigenvalue weighted by atomic mass is 35.5. The van der Waals surface area contributed by atoms with Crippen LogP contribution in [0.2, 0.25) is 5.02 Å². The molecule has 4 aromatic rings. The number of aliphatic hydroxyl groups is 1. The van der Waals surface area contributed by atoms with Crippen LogP contribution in [-0.4, -0.2) is 60.9 Å². The zero-order chi connectivity index (χ0) is 25.7. The summed E-state index contributed by atoms with van der Waals surface area (Å²) in [6.45, 7) is 5.16. The molecule has 9 nitrogen and oxygen atoms in total. The molecule has 2 atom stereocenters. The lowest BCUT2D eigenvalue weighted by Crippen LogP contribution is -2.22. The van der Waals surface area contributed by atoms with Gasteiger partial charge in [-0.15, -0.1) is 0 Å². The van der Waals surface area contributed by atoms with Gasteiger partial charge in [-0.2, -0.15) is 10.1 Å². The number of imidazole rings is 1. The van der Waals surface area contributed by atoms with Gasteiger partial charge in [-0.1, -0.05) is 23.7 Å². The van der Waals surface area contributed by atoms with E-state index >= 15 is 0 Å². The van der Waals surface area contributed by atoms with Gasteiger partial charge in [-0.05, 0) is 32.0 Å². The van der Waals surface area contributed by atoms with Gasteiger partial charge >= 0.3 is 0 Å². The average Bonchev–Trinajstić information content (AvgIpc) is 3.61. The van der Waals surface area contributed by atoms with Gasteiger partial charge in [-0.3, -0.25) is 4.68 Å². The second-order valence-corrected chi connectivity index (χ2v) is 10.7. The van der Waals surface area contributed by atoms with Gasteiger partial charge in [-0.25, -0.2) is 9.37 Å². The fourth-order valence-corrected chi connectivity index (χ4v) is 5.14. The lowest BCUT2D eigenvalue weighted by molar-refractivity contribution is 0.0528. The van der Waals surface area contributed by atoms with Gasteiger partial charge in [0.25, 0.3) is 6.01 Å². The fraction of sp³-hybridized carbons (Fsp3) is 0.423. The molecule has 1 saturated heterocycles. The molecule has 0 amide bonds. The molecule has 0 saturated carbocycles. The van der Waals surface area contributed by atoms with Crippen LogP contribution in [0, 0.1) is 0 Å². The number of pyridine rings is 1. The maximum absolute atomic E-state index is 14.0. The summed E-state index contributed by atoms with van der Waals surface area (Å²) in [7, 11) is 0. The van der Waals surface area contributed by atoms with E-state index in [4.69, 9.17) is 21.1 Å². The number of anilines is 1. The number of alkyl halides is 1. The Kier molecular flexibility index (Phi) is 6.05. The number of halogens is 2. The van der Waals surface area contributed by atoms with E-state index in [1.807, 2.05) is 30.5 Å². The van der Waals surface area contributed by atoms with E-state index in [1.165, 1.54) is 0 Å². The summed E-state index contributed by atoms with van der Waals surface area (Å²) in [6, 6.07) is 10.2. The number of benzene rings is 1. The van der Waals surface area contributed by atoms with Crippen molar-refractivity contribution >= 4 is 28.5 Å². The molecular formula is C26H28ClFN6O3. The number of nitrogens with one attached hydrogen (secondary N) is 1. The number of hydrogen-bond donors (Lipinski definition) is 2. The minimum atomic E-state index is -1.30. The Balaban J connectivity index is 1.16. The van der Waals surface area contributed by atoms with E-state index in [1.54, 1.807) is 24.6 Å². The van der Waals surface area contributed by atoms with Crippen molar-refractivity contribution in [3.05, 3.63) is 52.8 Å². The molecule has 0 bridgehead atoms. The Labute approximate surface area is 218 Å². The van der Waals surface area contributed by atoms with Crippen LogP contribution >= 0.6 is 11.6 Å². The summed E-state index contributed by atoms with van der Waals surface area (Å²) in [6.07, 6.45) is 2.17. The highest BCUT2D eigenvalue weighted by Crippen LogP contribution is 2.33. The first-order chi connectivity index (χ1) is 17.7. The number of H-pyrrole nitrogens is 1. The van der Waals surface area contributed by atoms with Crippen molar-refractivity contribution in [1.29, 1.82) is 0 Å². The predicted molar refractivity (Wildman–Crippen MR) is 137 cm³/mol. The molecule has 37 heavy (non-hydrogen) atoms. The van der Waals surface area contributed by atoms with Crippen LogP contribution in [-0.2, 0) is 24.4 Å². The van der Waals surface area contributed by atoms with E-state index in [0.29, 0.717) is 47.5 Å². The zero-order valence-corrected chi connectivity index (χ0v) is 21.4. The summed E-state index contributed by atoms with van der Waals surface area (Å²) in [5.74, 6) is 0. The van der Waals surface area contributed by atoms with Crippen LogP contribution in [0.5, 0.6) is 6.01 Å². The molecule has 1 aromatic carbocycles. The highest BCUT2D eigenvalue weighted by Gasteiger charge is 2.28. The lowest BCUT2D eigenvalue weighted by atomic mass is 10.1. The third kappa shape index (κ3) is 5.01. The van der Waals surface area contributed by atoms with Gasteiger partial charge < -0.3 is 24.5 Å². The Morgan fingerprint density at radius 2 is 2.05 bits per heavy atom. The summed E-state index contributed by atoms with van der Waals surface area (Å²) in [5.41, 5.74) is 4.57. The first kappa shape index (κ1) is 24.1. The van der Waals surface area contributed by atoms with Crippen molar-refractivity contribution in [1.82, 2.24) is 24.7 Å². The standard InChI is InChI=1S/C26H28ClFN6O3/c1-26(2,28)14-34-10-16-9-33(11-22(16)32-34)17-5-3-15(4-6-17)23-20(27)8-21-24(30-23)31-25(29-21)37-19-7-18(12-35)36-13-19/h3-6,8,10,18-19,35H,7,9,11-14H2,1-2H3,(H,29,30,31). The number of aromatic amines is 1. The van der Waals surface area contributed by atoms with E-state index in [9.17, 15) is 9.50 Å². The van der Waals surface area contributed by atoms with Crippen molar-refractivity contribution in [2.24, 2.45) is 0 Å². The number of hydrogen-bond acceptors (Lipinski definition) is 7. The molecule has 194 valence electrons. The molecule has 2 unspecified atom stereocenters. The second kappa shape index (κ2) is 9.27. The number of nitrogens with zero attached hydrogens (tertiary/aromatic N) is 5. The molecular weight excluding hydrogens is 499 g/mol. The van der Waals surface area contributed by atoms with Crippen molar-refractivity contribution < 1.29 is 19.0 Å². The van der Waals surface area contributed by atoms with Gasteiger partial charge in [0.1, 0.15) is 11.8 Å². The number of fused-ring (bicyclic) bond motifs is 2. The maximum Gasteiger partial charge on any atom is 0.296 e. The molecule has 2 aliphatic heterocycles. The molecule has 0 aliphatic carbocycles. The largest absolute Gasteiger partial charge is 0.459 e. The Hall–Kier alpha value is -3.21. The molecule has 11 heteroatoms. The van der Waals surface area contributed by atoms with E-state index < -0.39 is 5.67 Å². The van der Waals surface area contributed by atoms with Crippen molar-refractivity contribution in [3.63, 3.8) is 0 Å². The minimum Gasteiger partial charge on any atom is -0.459 e. The first-order valence-corrected chi connectivity index (χ1v) is 12.7. The van der Waals surface area contributed by atoms with Crippen molar-refractivity contribution in [2.75, 3.05) is 18.1 Å². The Morgan fingerprint density at radius 1 is 1.24 bits per heavy atom. The Morgan fingerprint density at radius 3 is 2.76 bits per heavy atom. The van der Waals surface area contributed by atoms with Gasteiger partial charge in [0.2, 0.25) is 0 Å². The molecule has 2 N–H and O–H groups in total. The minimum absolute atomic E-state index is 0.0266. The average molecular weight is 527 g/mol. The number of aliphatic hydroxyl groups excluding tert-OH is 1. The summed E-state index contributed by atoms with van der Waals surface area (Å²) < 4.78 is 27.0. The highest BCUT2D eigenvalue weighted by molar-refractivity contribution is 6.33. The summed E-state index contributed by atoms with van der Waals surface area (Å²) in [5, 5.41) is 14.3. The number of rotatable bonds is 7. The van der Waals surface area contributed by atoms with Crippen LogP contribution in [0.25, 0.3) is 22.4 Å². The smallest absolute Gasteiger partial charge is 0.296 e. The summed E-state index contributed by atoms with van der Waals surface area (Å²) in [4.78, 5) is 14.5. The zero-order valence-electron chi connectivity index (χ0n) is 20.6. The normalized spacial score (nSPS) is 19.6. The van der Waals surface area contributed by atoms with Crippen LogP contribution in [0.15, 0.2) is 36.5 Å². The van der Waals surface area contributed by atoms with Gasteiger partial charge in [0.15, 0.2) is 5.65 Å². The molecule has 0 radical (unpaired) electrons. The van der Waals surface area contributed by atoms with Crippen LogP contribution in [0.1, 0.15) is 31.5 Å². The molecule has 5 heterocycles. The maximum atomic E-state index is 14.0. The van der Waals surface area contributed by atoms with E-state index in [0.717, 1.165) is 29.1 Å². The van der Waals surface area contributed by atoms with Crippen molar-refractivity contribution in [3.8, 4) is 17.3 Å². The SMILES string of the molecule is CC(C)(F)Cn1cc2c(n1)CN(c1ccc(-c3nc4nc(OC5COC(CO)C5)[nH]c4cc3Cl)cc1)C2. The molecule has 2 aliphatic rings. The lowest BCUT2D eigenvalue weighted by Gasteiger charge is -2.19. The number of ether oxygens (including phenoxy) is 2. The third-order valence-electron chi connectivity index (χ3n) is 6.60. The fourth-order valence-electron chi connectivity index (χ4n) is 4.88. The monoisotopic (exact) mass is 526 g/mol. The van der Waals surface area contributed by atoms with Crippen LogP contribution < -0.4 is 9.64 Å². The topological polar surface area (TPSA) is 101 Å². The quantitative estimate of drug-likeness (QED) is 0.371. The van der Waals surface area contributed by atoms with Gasteiger partial charge in [0.05, 0.1) is 54.3 Å². The number of aromatic nitrogens is 5. The summed E-state index contributed by atoms with van der Waals surface area (Å²) >= 11 is 6.58. The molecule has 6 rings (SSSR count). The van der Waals surface area contributed by atoms with Gasteiger partial charge in [0, 0.05) is 36.0 Å². The Bertz CT molecular complexity index is 1410. The van der Waals surface area contributed by atoms with Crippen LogP contribution in [0.4, 0.5) is 10.1 Å². The van der Waals surface area contributed by atoms with Crippen molar-refractivity contribution in [2.45, 2.75) is 57.8 Å². The molecule has 0 spiro atoms. The van der Waals surface area contributed by atoms with Crippen LogP contribution in [0.3, 0.4) is 0 Å². The predicted octanol–water partition coefficient (Wildman–Crippen LogP) is 4.27. The van der Waals surface area contributed by atoms with E-state index in [2.05, 4.69) is 25.0 Å². The third-order valence-corrected chi connectivity index (χ3v) is 6.89. The second-order valence-electron chi connectivity index (χ2n) is 10.3. The molecule has 1 fully saturated rings. The molecule has 3 aromatic heterocycles.